The van der Waals surface area contributed by atoms with Crippen LogP contribution in [0.3, 0.4) is 0 Å². The number of aryl methyl sites for hydroxylation is 8. The molecule has 10 aromatic carbocycles. The van der Waals surface area contributed by atoms with E-state index >= 15 is 13.2 Å². The third-order valence-electron chi connectivity index (χ3n) is 15.2. The second kappa shape index (κ2) is 18.7. The average molecular weight is 1020 g/mol. The first-order chi connectivity index (χ1) is 37.4. The van der Waals surface area contributed by atoms with Gasteiger partial charge in [-0.2, -0.15) is 13.2 Å². The van der Waals surface area contributed by atoms with Crippen molar-refractivity contribution >= 4 is 55.0 Å². The zero-order chi connectivity index (χ0) is 54.5. The van der Waals surface area contributed by atoms with Gasteiger partial charge in [-0.1, -0.05) is 184 Å². The molecule has 0 unspecified atom stereocenters. The van der Waals surface area contributed by atoms with E-state index in [2.05, 4.69) is 220 Å². The Morgan fingerprint density at radius 3 is 0.936 bits per heavy atom. The zero-order valence-electron chi connectivity index (χ0n) is 44.7. The lowest BCUT2D eigenvalue weighted by molar-refractivity contribution is -0.137. The maximum absolute atomic E-state index is 15.5. The molecule has 0 amide bonds. The quantitative estimate of drug-likeness (QED) is 0.142. The third-order valence-corrected chi connectivity index (χ3v) is 15.2. The summed E-state index contributed by atoms with van der Waals surface area (Å²) in [7, 11) is 0. The van der Waals surface area contributed by atoms with Crippen LogP contribution < -0.4 is 0 Å². The Morgan fingerprint density at radius 2 is 0.641 bits per heavy atom. The van der Waals surface area contributed by atoms with E-state index in [1.54, 1.807) is 12.1 Å². The Bertz CT molecular complexity index is 4310. The summed E-state index contributed by atoms with van der Waals surface area (Å²) in [5.74, 6) is 0. The Labute approximate surface area is 452 Å². The minimum Gasteiger partial charge on any atom is -0.308 e. The summed E-state index contributed by atoms with van der Waals surface area (Å²) in [6, 6.07) is 59.2. The first kappa shape index (κ1) is 49.4. The highest BCUT2D eigenvalue weighted by molar-refractivity contribution is 6.14. The molecule has 378 valence electrons. The molecule has 7 heteroatoms. The van der Waals surface area contributed by atoms with Gasteiger partial charge in [0.05, 0.1) is 52.1 Å². The lowest BCUT2D eigenvalue weighted by Crippen LogP contribution is -2.08. The van der Waals surface area contributed by atoms with Crippen molar-refractivity contribution in [1.29, 1.82) is 0 Å². The van der Waals surface area contributed by atoms with Crippen molar-refractivity contribution in [2.45, 2.75) is 61.6 Å². The normalized spacial score (nSPS) is 11.8. The van der Waals surface area contributed by atoms with Gasteiger partial charge in [0.15, 0.2) is 11.4 Å². The number of benzene rings is 10. The van der Waals surface area contributed by atoms with Crippen molar-refractivity contribution in [2.24, 2.45) is 0 Å². The fourth-order valence-corrected chi connectivity index (χ4v) is 12.2. The van der Waals surface area contributed by atoms with Gasteiger partial charge < -0.3 is 9.13 Å². The Hall–Kier alpha value is -9.43. The highest BCUT2D eigenvalue weighted by atomic mass is 19.4. The summed E-state index contributed by atoms with van der Waals surface area (Å²) in [5, 5.41) is 3.83. The molecular formula is C71H53F3N4. The van der Waals surface area contributed by atoms with Crippen LogP contribution in [-0.2, 0) is 6.18 Å². The van der Waals surface area contributed by atoms with Crippen molar-refractivity contribution in [3.05, 3.63) is 249 Å². The van der Waals surface area contributed by atoms with Crippen molar-refractivity contribution in [2.75, 3.05) is 0 Å². The minimum absolute atomic E-state index is 0.0150. The topological polar surface area (TPSA) is 18.6 Å². The first-order valence-electron chi connectivity index (χ1n) is 26.1. The monoisotopic (exact) mass is 1020 g/mol. The van der Waals surface area contributed by atoms with Gasteiger partial charge in [-0.05, 0) is 147 Å². The molecule has 2 aromatic heterocycles. The number of hydrogen-bond acceptors (Lipinski definition) is 0. The van der Waals surface area contributed by atoms with Gasteiger partial charge in [-0.25, -0.2) is 9.69 Å². The van der Waals surface area contributed by atoms with E-state index in [9.17, 15) is 0 Å². The molecule has 0 saturated heterocycles. The van der Waals surface area contributed by atoms with Crippen molar-refractivity contribution in [3.63, 3.8) is 0 Å². The molecule has 4 nitrogen and oxygen atoms in total. The fourth-order valence-electron chi connectivity index (χ4n) is 12.2. The highest BCUT2D eigenvalue weighted by Gasteiger charge is 2.36. The highest BCUT2D eigenvalue weighted by Crippen LogP contribution is 2.50. The summed E-state index contributed by atoms with van der Waals surface area (Å²) >= 11 is 0. The second-order valence-electron chi connectivity index (χ2n) is 21.4. The van der Waals surface area contributed by atoms with E-state index in [0.29, 0.717) is 11.4 Å². The second-order valence-corrected chi connectivity index (χ2v) is 21.4. The van der Waals surface area contributed by atoms with Crippen LogP contribution in [0.15, 0.2) is 176 Å². The summed E-state index contributed by atoms with van der Waals surface area (Å²) in [6.07, 6.45) is -4.84. The summed E-state index contributed by atoms with van der Waals surface area (Å²) in [4.78, 5) is 7.79. The lowest BCUT2D eigenvalue weighted by atomic mass is 9.94. The summed E-state index contributed by atoms with van der Waals surface area (Å²) in [6.45, 7) is 33.9. The van der Waals surface area contributed by atoms with Crippen LogP contribution in [0.5, 0.6) is 0 Å². The van der Waals surface area contributed by atoms with Crippen LogP contribution in [0, 0.1) is 68.5 Å². The van der Waals surface area contributed by atoms with Crippen LogP contribution in [0.2, 0.25) is 0 Å². The largest absolute Gasteiger partial charge is 0.415 e. The van der Waals surface area contributed by atoms with Crippen LogP contribution >= 0.6 is 0 Å². The number of hydrogen-bond donors (Lipinski definition) is 0. The molecule has 0 aliphatic rings. The standard InChI is InChI=1S/C71H53F3N4/c1-40-22-41(2)27-52(26-40)48-14-18-56-57-19-15-49(53-28-42(3)23-43(4)29-53)35-65(57)77(64(56)34-48)68-38-60(70-61(71(72,73)74)12-11-13-62(70)75-9)63(76-10)39-69(68)78-66-36-50(54-30-44(5)24-45(6)31-54)16-20-58(66)59-21-17-51(37-67(59)78)55-32-46(7)25-47(8)33-55/h11-39H,1-8H3. The van der Waals surface area contributed by atoms with Crippen LogP contribution in [0.1, 0.15) is 50.1 Å². The van der Waals surface area contributed by atoms with E-state index < -0.39 is 11.7 Å². The van der Waals surface area contributed by atoms with Crippen LogP contribution in [0.25, 0.3) is 120 Å². The Balaban J connectivity index is 1.30. The third kappa shape index (κ3) is 8.59. The number of alkyl halides is 3. The molecule has 78 heavy (non-hydrogen) atoms. The molecule has 0 aliphatic carbocycles. The molecule has 0 N–H and O–H groups in total. The van der Waals surface area contributed by atoms with E-state index in [4.69, 9.17) is 13.1 Å². The van der Waals surface area contributed by atoms with Gasteiger partial charge in [0.25, 0.3) is 0 Å². The number of halogens is 3. The summed E-state index contributed by atoms with van der Waals surface area (Å²) in [5.41, 5.74) is 20.1. The number of fused-ring (bicyclic) bond motifs is 6. The van der Waals surface area contributed by atoms with Gasteiger partial charge in [0, 0.05) is 21.5 Å². The van der Waals surface area contributed by atoms with Crippen molar-refractivity contribution in [3.8, 4) is 67.0 Å². The van der Waals surface area contributed by atoms with Gasteiger partial charge in [-0.15, -0.1) is 0 Å². The molecule has 2 heterocycles. The molecule has 0 atom stereocenters. The maximum atomic E-state index is 15.5. The predicted octanol–water partition coefficient (Wildman–Crippen LogP) is 20.8. The Kier molecular flexibility index (Phi) is 11.8. The zero-order valence-corrected chi connectivity index (χ0v) is 44.7. The van der Waals surface area contributed by atoms with E-state index in [0.717, 1.165) is 139 Å². The van der Waals surface area contributed by atoms with Gasteiger partial charge >= 0.3 is 6.18 Å². The first-order valence-corrected chi connectivity index (χ1v) is 26.1. The van der Waals surface area contributed by atoms with Crippen molar-refractivity contribution in [1.82, 2.24) is 9.13 Å². The molecule has 0 aliphatic heterocycles. The molecule has 0 bridgehead atoms. The number of rotatable bonds is 7. The smallest absolute Gasteiger partial charge is 0.308 e. The molecule has 0 fully saturated rings. The maximum Gasteiger partial charge on any atom is 0.415 e. The van der Waals surface area contributed by atoms with Gasteiger partial charge in [0.2, 0.25) is 0 Å². The van der Waals surface area contributed by atoms with Crippen LogP contribution in [-0.4, -0.2) is 9.13 Å². The van der Waals surface area contributed by atoms with E-state index in [-0.39, 0.29) is 22.5 Å². The van der Waals surface area contributed by atoms with Gasteiger partial charge in [-0.3, -0.25) is 0 Å². The lowest BCUT2D eigenvalue weighted by Gasteiger charge is -2.22. The van der Waals surface area contributed by atoms with Crippen molar-refractivity contribution < 1.29 is 13.2 Å². The van der Waals surface area contributed by atoms with Crippen LogP contribution in [0.4, 0.5) is 24.5 Å². The Morgan fingerprint density at radius 1 is 0.333 bits per heavy atom. The van der Waals surface area contributed by atoms with E-state index in [1.807, 2.05) is 0 Å². The molecular weight excluding hydrogens is 966 g/mol. The molecule has 0 radical (unpaired) electrons. The molecule has 0 spiro atoms. The number of nitrogens with zero attached hydrogens (tertiary/aromatic N) is 4. The molecule has 12 aromatic rings. The SMILES string of the molecule is [C-]#[N+]c1cc(-n2c3cc(-c4cc(C)cc(C)c4)ccc3c3ccc(-c4cc(C)cc(C)c4)cc32)c(-n2c3cc(-c4cc(C)cc(C)c4)ccc3c3ccc(-c4cc(C)cc(C)c4)cc32)cc1-c1c([N+]#[C-])cccc1C(F)(F)F. The molecule has 12 rings (SSSR count). The minimum atomic E-state index is -4.84. The molecule has 0 saturated carbocycles. The summed E-state index contributed by atoms with van der Waals surface area (Å²) < 4.78 is 50.9. The van der Waals surface area contributed by atoms with E-state index in [1.165, 1.54) is 12.1 Å². The number of aromatic nitrogens is 2. The van der Waals surface area contributed by atoms with Gasteiger partial charge in [0.1, 0.15) is 0 Å². The fraction of sp³-hybridized carbons (Fsp3) is 0.127. The predicted molar refractivity (Wildman–Crippen MR) is 318 cm³/mol. The average Bonchev–Trinajstić information content (AvgIpc) is 4.15.